The molecule has 0 radical (unpaired) electrons. The van der Waals surface area contributed by atoms with Crippen LogP contribution in [-0.4, -0.2) is 15.9 Å². The predicted molar refractivity (Wildman–Crippen MR) is 107 cm³/mol. The lowest BCUT2D eigenvalue weighted by atomic mass is 9.92. The summed E-state index contributed by atoms with van der Waals surface area (Å²) >= 11 is 0. The molecule has 3 aromatic rings. The predicted octanol–water partition coefficient (Wildman–Crippen LogP) is 4.79. The highest BCUT2D eigenvalue weighted by molar-refractivity contribution is 5.84. The van der Waals surface area contributed by atoms with Crippen LogP contribution >= 0.6 is 0 Å². The van der Waals surface area contributed by atoms with Gasteiger partial charge >= 0.3 is 6.09 Å². The molecule has 1 heterocycles. The van der Waals surface area contributed by atoms with Crippen LogP contribution < -0.4 is 5.32 Å². The largest absolute Gasteiger partial charge is 0.444 e. The smallest absolute Gasteiger partial charge is 0.413 e. The fourth-order valence-electron chi connectivity index (χ4n) is 2.60. The fourth-order valence-corrected chi connectivity index (χ4v) is 2.60. The highest BCUT2D eigenvalue weighted by Gasteiger charge is 2.22. The van der Waals surface area contributed by atoms with Gasteiger partial charge in [0.05, 0.1) is 23.0 Å². The lowest BCUT2D eigenvalue weighted by Crippen LogP contribution is -2.16. The van der Waals surface area contributed by atoms with E-state index in [2.05, 4.69) is 16.5 Å². The summed E-state index contributed by atoms with van der Waals surface area (Å²) in [6, 6.07) is 20.5. The number of benzene rings is 2. The Hall–Kier alpha value is -3.59. The maximum atomic E-state index is 12.3. The number of nitriles is 1. The summed E-state index contributed by atoms with van der Waals surface area (Å²) in [5.41, 5.74) is 2.72. The van der Waals surface area contributed by atoms with Gasteiger partial charge in [-0.25, -0.2) is 9.48 Å². The van der Waals surface area contributed by atoms with Gasteiger partial charge in [0.1, 0.15) is 12.4 Å². The number of anilines is 1. The van der Waals surface area contributed by atoms with Crippen molar-refractivity contribution in [1.82, 2.24) is 9.78 Å². The Kier molecular flexibility index (Phi) is 5.46. The van der Waals surface area contributed by atoms with Gasteiger partial charge in [-0.3, -0.25) is 5.32 Å². The summed E-state index contributed by atoms with van der Waals surface area (Å²) < 4.78 is 6.94. The third-order valence-corrected chi connectivity index (χ3v) is 4.14. The van der Waals surface area contributed by atoms with Crippen LogP contribution in [0.3, 0.4) is 0 Å². The molecular formula is C22H22N4O2. The molecule has 0 bridgehead atoms. The molecule has 0 saturated carbocycles. The number of rotatable bonds is 4. The SMILES string of the molecule is CC(C)(C)c1cc(NC(=O)OCc2ccccc2)n(-c2cccc(C#N)c2)n1. The number of amides is 1. The molecule has 0 saturated heterocycles. The molecule has 6 nitrogen and oxygen atoms in total. The molecule has 1 amide bonds. The lowest BCUT2D eigenvalue weighted by molar-refractivity contribution is 0.155. The maximum absolute atomic E-state index is 12.3. The molecule has 142 valence electrons. The van der Waals surface area contributed by atoms with Gasteiger partial charge in [0, 0.05) is 11.5 Å². The van der Waals surface area contributed by atoms with Crippen LogP contribution in [0.1, 0.15) is 37.6 Å². The van der Waals surface area contributed by atoms with E-state index >= 15 is 0 Å². The average molecular weight is 374 g/mol. The summed E-state index contributed by atoms with van der Waals surface area (Å²) in [7, 11) is 0. The van der Waals surface area contributed by atoms with E-state index in [4.69, 9.17) is 10.00 Å². The van der Waals surface area contributed by atoms with Crippen LogP contribution in [-0.2, 0) is 16.8 Å². The van der Waals surface area contributed by atoms with Crippen molar-refractivity contribution in [2.24, 2.45) is 0 Å². The van der Waals surface area contributed by atoms with Crippen molar-refractivity contribution >= 4 is 11.9 Å². The minimum absolute atomic E-state index is 0.177. The van der Waals surface area contributed by atoms with Gasteiger partial charge in [-0.05, 0) is 23.8 Å². The quantitative estimate of drug-likeness (QED) is 0.712. The maximum Gasteiger partial charge on any atom is 0.413 e. The zero-order valence-electron chi connectivity index (χ0n) is 16.1. The van der Waals surface area contributed by atoms with Crippen molar-refractivity contribution < 1.29 is 9.53 Å². The van der Waals surface area contributed by atoms with Crippen molar-refractivity contribution in [2.45, 2.75) is 32.8 Å². The standard InChI is InChI=1S/C22H22N4O2/c1-22(2,3)19-13-20(24-21(27)28-15-16-8-5-4-6-9-16)26(25-19)18-11-7-10-17(12-18)14-23/h4-13H,15H2,1-3H3,(H,24,27). The van der Waals surface area contributed by atoms with Crippen LogP contribution in [0.2, 0.25) is 0 Å². The first-order valence-corrected chi connectivity index (χ1v) is 8.95. The molecule has 0 atom stereocenters. The van der Waals surface area contributed by atoms with E-state index < -0.39 is 6.09 Å². The molecule has 6 heteroatoms. The first-order chi connectivity index (χ1) is 13.4. The van der Waals surface area contributed by atoms with Gasteiger partial charge in [-0.15, -0.1) is 0 Å². The van der Waals surface area contributed by atoms with Crippen LogP contribution in [0.25, 0.3) is 5.69 Å². The Bertz CT molecular complexity index is 1010. The van der Waals surface area contributed by atoms with E-state index in [0.29, 0.717) is 17.1 Å². The topological polar surface area (TPSA) is 79.9 Å². The number of carbonyl (C=O) groups excluding carboxylic acids is 1. The second-order valence-corrected chi connectivity index (χ2v) is 7.43. The zero-order valence-corrected chi connectivity index (χ0v) is 16.1. The van der Waals surface area contributed by atoms with Crippen molar-refractivity contribution in [3.8, 4) is 11.8 Å². The van der Waals surface area contributed by atoms with Gasteiger partial charge in [0.25, 0.3) is 0 Å². The molecule has 0 unspecified atom stereocenters. The summed E-state index contributed by atoms with van der Waals surface area (Å²) in [5.74, 6) is 0.484. The molecule has 1 aromatic heterocycles. The van der Waals surface area contributed by atoms with Gasteiger partial charge in [0.15, 0.2) is 0 Å². The molecule has 1 N–H and O–H groups in total. The van der Waals surface area contributed by atoms with Gasteiger partial charge in [-0.1, -0.05) is 57.2 Å². The Morgan fingerprint density at radius 2 is 1.89 bits per heavy atom. The molecule has 2 aromatic carbocycles. The summed E-state index contributed by atoms with van der Waals surface area (Å²) in [6.07, 6.45) is -0.568. The molecular weight excluding hydrogens is 352 g/mol. The Morgan fingerprint density at radius 1 is 1.14 bits per heavy atom. The third-order valence-electron chi connectivity index (χ3n) is 4.14. The summed E-state index contributed by atoms with van der Waals surface area (Å²) in [4.78, 5) is 12.3. The number of aromatic nitrogens is 2. The van der Waals surface area contributed by atoms with E-state index in [1.54, 1.807) is 22.9 Å². The summed E-state index contributed by atoms with van der Waals surface area (Å²) in [6.45, 7) is 6.31. The Balaban J connectivity index is 1.85. The average Bonchev–Trinajstić information content (AvgIpc) is 3.11. The number of ether oxygens (including phenoxy) is 1. The Morgan fingerprint density at radius 3 is 2.57 bits per heavy atom. The first-order valence-electron chi connectivity index (χ1n) is 8.95. The lowest BCUT2D eigenvalue weighted by Gasteiger charge is -2.14. The second-order valence-electron chi connectivity index (χ2n) is 7.43. The van der Waals surface area contributed by atoms with Crippen LogP contribution in [0, 0.1) is 11.3 Å². The molecule has 0 spiro atoms. The van der Waals surface area contributed by atoms with E-state index in [9.17, 15) is 4.79 Å². The number of nitrogens with zero attached hydrogens (tertiary/aromatic N) is 3. The van der Waals surface area contributed by atoms with Gasteiger partial charge in [0.2, 0.25) is 0 Å². The van der Waals surface area contributed by atoms with Crippen LogP contribution in [0.5, 0.6) is 0 Å². The van der Waals surface area contributed by atoms with E-state index in [0.717, 1.165) is 11.3 Å². The van der Waals surface area contributed by atoms with Gasteiger partial charge in [-0.2, -0.15) is 10.4 Å². The number of hydrogen-bond donors (Lipinski definition) is 1. The molecule has 0 aliphatic heterocycles. The summed E-state index contributed by atoms with van der Waals surface area (Å²) in [5, 5.41) is 16.6. The van der Waals surface area contributed by atoms with E-state index in [1.165, 1.54) is 0 Å². The molecule has 28 heavy (non-hydrogen) atoms. The molecule has 3 rings (SSSR count). The number of carbonyl (C=O) groups is 1. The first kappa shape index (κ1) is 19.2. The minimum Gasteiger partial charge on any atom is -0.444 e. The highest BCUT2D eigenvalue weighted by Crippen LogP contribution is 2.26. The number of nitrogens with one attached hydrogen (secondary N) is 1. The minimum atomic E-state index is -0.568. The Labute approximate surface area is 164 Å². The van der Waals surface area contributed by atoms with E-state index in [1.807, 2.05) is 63.2 Å². The van der Waals surface area contributed by atoms with Crippen molar-refractivity contribution in [2.75, 3.05) is 5.32 Å². The van der Waals surface area contributed by atoms with Gasteiger partial charge < -0.3 is 4.74 Å². The normalized spacial score (nSPS) is 10.9. The third kappa shape index (κ3) is 4.57. The fraction of sp³-hybridized carbons (Fsp3) is 0.227. The second kappa shape index (κ2) is 7.97. The van der Waals surface area contributed by atoms with Crippen LogP contribution in [0.4, 0.5) is 10.6 Å². The highest BCUT2D eigenvalue weighted by atomic mass is 16.5. The number of hydrogen-bond acceptors (Lipinski definition) is 4. The molecule has 0 aliphatic carbocycles. The van der Waals surface area contributed by atoms with Crippen LogP contribution in [0.15, 0.2) is 60.7 Å². The monoisotopic (exact) mass is 374 g/mol. The molecule has 0 fully saturated rings. The zero-order chi connectivity index (χ0) is 20.1. The van der Waals surface area contributed by atoms with E-state index in [-0.39, 0.29) is 12.0 Å². The van der Waals surface area contributed by atoms with Crippen molar-refractivity contribution in [3.63, 3.8) is 0 Å². The van der Waals surface area contributed by atoms with Crippen molar-refractivity contribution in [1.29, 1.82) is 5.26 Å². The molecule has 0 aliphatic rings. The van der Waals surface area contributed by atoms with Crippen molar-refractivity contribution in [3.05, 3.63) is 77.5 Å².